The topological polar surface area (TPSA) is 38.2 Å². The molecule has 1 aliphatic rings. The molecule has 0 saturated heterocycles. The van der Waals surface area contributed by atoms with E-state index in [-0.39, 0.29) is 6.15 Å². The summed E-state index contributed by atoms with van der Waals surface area (Å²) in [6.07, 6.45) is 16.1. The largest absolute Gasteiger partial charge is 0.344 e. The van der Waals surface area contributed by atoms with Gasteiger partial charge in [0.15, 0.2) is 0 Å². The Labute approximate surface area is 102 Å². The molecule has 0 spiro atoms. The van der Waals surface area contributed by atoms with E-state index < -0.39 is 0 Å². The van der Waals surface area contributed by atoms with Gasteiger partial charge in [0.05, 0.1) is 0 Å². The van der Waals surface area contributed by atoms with Gasteiger partial charge in [0, 0.05) is 6.04 Å². The second-order valence-corrected chi connectivity index (χ2v) is 5.38. The monoisotopic (exact) mass is 228 g/mol. The highest BCUT2D eigenvalue weighted by Gasteiger charge is 2.10. The summed E-state index contributed by atoms with van der Waals surface area (Å²) in [4.78, 5) is 2.44. The van der Waals surface area contributed by atoms with E-state index in [1.54, 1.807) is 0 Å². The van der Waals surface area contributed by atoms with Gasteiger partial charge in [-0.2, -0.15) is 0 Å². The molecular formula is C14H32N2. The molecule has 16 heavy (non-hydrogen) atoms. The van der Waals surface area contributed by atoms with E-state index in [9.17, 15) is 0 Å². The highest BCUT2D eigenvalue weighted by Crippen LogP contribution is 2.18. The van der Waals surface area contributed by atoms with Crippen LogP contribution in [0.25, 0.3) is 0 Å². The normalized spacial score (nSPS) is 21.9. The number of hydrogen-bond acceptors (Lipinski definition) is 2. The van der Waals surface area contributed by atoms with Gasteiger partial charge >= 0.3 is 0 Å². The van der Waals surface area contributed by atoms with E-state index in [4.69, 9.17) is 0 Å². The van der Waals surface area contributed by atoms with Crippen LogP contribution < -0.4 is 6.15 Å². The van der Waals surface area contributed by atoms with Gasteiger partial charge in [-0.15, -0.1) is 0 Å². The van der Waals surface area contributed by atoms with Crippen LogP contribution in [0.4, 0.5) is 0 Å². The summed E-state index contributed by atoms with van der Waals surface area (Å²) in [6, 6.07) is 0.851. The predicted molar refractivity (Wildman–Crippen MR) is 73.3 cm³/mol. The molecule has 0 aromatic heterocycles. The van der Waals surface area contributed by atoms with E-state index in [2.05, 4.69) is 19.0 Å². The summed E-state index contributed by atoms with van der Waals surface area (Å²) in [5.74, 6) is 0. The smallest absolute Gasteiger partial charge is 0.00891 e. The maximum Gasteiger partial charge on any atom is 0.00891 e. The van der Waals surface area contributed by atoms with Crippen molar-refractivity contribution in [3.05, 3.63) is 0 Å². The molecule has 1 fully saturated rings. The lowest BCUT2D eigenvalue weighted by Crippen LogP contribution is -2.27. The molecule has 2 nitrogen and oxygen atoms in total. The number of rotatable bonds is 1. The molecule has 0 atom stereocenters. The van der Waals surface area contributed by atoms with Crippen LogP contribution in [0.15, 0.2) is 0 Å². The maximum absolute atomic E-state index is 2.44. The SMILES string of the molecule is CN(C)C1CCCCCCCCCCC1.N. The minimum absolute atomic E-state index is 0. The van der Waals surface area contributed by atoms with Crippen LogP contribution in [0.1, 0.15) is 70.6 Å². The molecular weight excluding hydrogens is 196 g/mol. The van der Waals surface area contributed by atoms with E-state index in [1.165, 1.54) is 70.6 Å². The fraction of sp³-hybridized carbons (Fsp3) is 1.00. The highest BCUT2D eigenvalue weighted by atomic mass is 15.1. The zero-order chi connectivity index (χ0) is 10.9. The van der Waals surface area contributed by atoms with Crippen LogP contribution >= 0.6 is 0 Å². The van der Waals surface area contributed by atoms with Gasteiger partial charge in [0.2, 0.25) is 0 Å². The van der Waals surface area contributed by atoms with Gasteiger partial charge in [0.25, 0.3) is 0 Å². The Bertz CT molecular complexity index is 134. The first-order valence-corrected chi connectivity index (χ1v) is 6.97. The Hall–Kier alpha value is -0.0800. The van der Waals surface area contributed by atoms with Gasteiger partial charge < -0.3 is 11.1 Å². The van der Waals surface area contributed by atoms with Crippen molar-refractivity contribution in [1.29, 1.82) is 0 Å². The summed E-state index contributed by atoms with van der Waals surface area (Å²) >= 11 is 0. The summed E-state index contributed by atoms with van der Waals surface area (Å²) in [6.45, 7) is 0. The molecule has 0 radical (unpaired) electrons. The van der Waals surface area contributed by atoms with Crippen LogP contribution in [-0.2, 0) is 0 Å². The molecule has 0 unspecified atom stereocenters. The second kappa shape index (κ2) is 10.1. The third kappa shape index (κ3) is 7.24. The molecule has 0 aromatic rings. The van der Waals surface area contributed by atoms with E-state index >= 15 is 0 Å². The first-order chi connectivity index (χ1) is 7.30. The van der Waals surface area contributed by atoms with E-state index in [0.717, 1.165) is 6.04 Å². The van der Waals surface area contributed by atoms with E-state index in [0.29, 0.717) is 0 Å². The van der Waals surface area contributed by atoms with Crippen molar-refractivity contribution in [2.75, 3.05) is 14.1 Å². The average Bonchev–Trinajstić information content (AvgIpc) is 2.18. The first-order valence-electron chi connectivity index (χ1n) is 6.97. The third-order valence-corrected chi connectivity index (χ3v) is 3.80. The van der Waals surface area contributed by atoms with Gasteiger partial charge in [-0.25, -0.2) is 0 Å². The Morgan fingerprint density at radius 3 is 1.25 bits per heavy atom. The lowest BCUT2D eigenvalue weighted by molar-refractivity contribution is 0.250. The number of hydrogen-bond donors (Lipinski definition) is 1. The lowest BCUT2D eigenvalue weighted by atomic mass is 9.97. The molecule has 1 aliphatic carbocycles. The number of nitrogens with zero attached hydrogens (tertiary/aromatic N) is 1. The first kappa shape index (κ1) is 15.9. The van der Waals surface area contributed by atoms with Crippen molar-refractivity contribution >= 4 is 0 Å². The molecule has 0 heterocycles. The fourth-order valence-electron chi connectivity index (χ4n) is 2.66. The van der Waals surface area contributed by atoms with Crippen molar-refractivity contribution < 1.29 is 0 Å². The van der Waals surface area contributed by atoms with Crippen molar-refractivity contribution in [3.63, 3.8) is 0 Å². The average molecular weight is 228 g/mol. The van der Waals surface area contributed by atoms with Crippen molar-refractivity contribution in [2.24, 2.45) is 0 Å². The second-order valence-electron chi connectivity index (χ2n) is 5.38. The molecule has 0 aliphatic heterocycles. The minimum Gasteiger partial charge on any atom is -0.344 e. The zero-order valence-corrected chi connectivity index (χ0v) is 11.5. The maximum atomic E-state index is 2.44. The predicted octanol–water partition coefficient (Wildman–Crippen LogP) is 4.38. The summed E-state index contributed by atoms with van der Waals surface area (Å²) < 4.78 is 0. The summed E-state index contributed by atoms with van der Waals surface area (Å²) in [5, 5.41) is 0. The minimum atomic E-state index is 0. The highest BCUT2D eigenvalue weighted by molar-refractivity contribution is 4.67. The molecule has 1 rings (SSSR count). The lowest BCUT2D eigenvalue weighted by Gasteiger charge is -2.24. The van der Waals surface area contributed by atoms with E-state index in [1.807, 2.05) is 0 Å². The molecule has 3 N–H and O–H groups in total. The fourth-order valence-corrected chi connectivity index (χ4v) is 2.66. The van der Waals surface area contributed by atoms with Crippen LogP contribution in [0, 0.1) is 0 Å². The third-order valence-electron chi connectivity index (χ3n) is 3.80. The summed E-state index contributed by atoms with van der Waals surface area (Å²) in [5.41, 5.74) is 0. The van der Waals surface area contributed by atoms with Crippen LogP contribution in [0.5, 0.6) is 0 Å². The standard InChI is InChI=1S/C14H29N.H3N/c1-15(2)14-12-10-8-6-4-3-5-7-9-11-13-14;/h14H,3-13H2,1-2H3;1H3. The zero-order valence-electron chi connectivity index (χ0n) is 11.5. The van der Waals surface area contributed by atoms with Gasteiger partial charge in [-0.05, 0) is 26.9 Å². The van der Waals surface area contributed by atoms with Crippen molar-refractivity contribution in [2.45, 2.75) is 76.7 Å². The Balaban J connectivity index is 0.00000225. The molecule has 0 amide bonds. The Morgan fingerprint density at radius 1 is 0.625 bits per heavy atom. The Morgan fingerprint density at radius 2 is 0.938 bits per heavy atom. The van der Waals surface area contributed by atoms with Crippen LogP contribution in [0.3, 0.4) is 0 Å². The molecule has 0 bridgehead atoms. The van der Waals surface area contributed by atoms with Crippen molar-refractivity contribution in [1.82, 2.24) is 11.1 Å². The van der Waals surface area contributed by atoms with Gasteiger partial charge in [0.1, 0.15) is 0 Å². The quantitative estimate of drug-likeness (QED) is 0.723. The molecule has 2 heteroatoms. The molecule has 98 valence electrons. The van der Waals surface area contributed by atoms with Gasteiger partial charge in [-0.1, -0.05) is 57.8 Å². The van der Waals surface area contributed by atoms with Gasteiger partial charge in [-0.3, -0.25) is 0 Å². The molecule has 0 aromatic carbocycles. The van der Waals surface area contributed by atoms with Crippen LogP contribution in [0.2, 0.25) is 0 Å². The van der Waals surface area contributed by atoms with Crippen LogP contribution in [-0.4, -0.2) is 25.0 Å². The Kier molecular flexibility index (Phi) is 10.0. The molecule has 1 saturated carbocycles. The van der Waals surface area contributed by atoms with Crippen molar-refractivity contribution in [3.8, 4) is 0 Å². The summed E-state index contributed by atoms with van der Waals surface area (Å²) in [7, 11) is 4.49.